The van der Waals surface area contributed by atoms with Gasteiger partial charge in [0.25, 0.3) is 0 Å². The lowest BCUT2D eigenvalue weighted by atomic mass is 10.0. The van der Waals surface area contributed by atoms with E-state index in [4.69, 9.17) is 0 Å². The zero-order chi connectivity index (χ0) is 22.8. The lowest BCUT2D eigenvalue weighted by molar-refractivity contribution is 0.161. The fourth-order valence-corrected chi connectivity index (χ4v) is 4.70. The van der Waals surface area contributed by atoms with Crippen LogP contribution in [0.4, 0.5) is 10.5 Å². The number of nitrogens with zero attached hydrogens (tertiary/aromatic N) is 3. The van der Waals surface area contributed by atoms with Crippen LogP contribution in [0.25, 0.3) is 0 Å². The number of hydrogen-bond donors (Lipinski definition) is 3. The number of halogens is 1. The summed E-state index contributed by atoms with van der Waals surface area (Å²) in [6.45, 7) is 10.3. The van der Waals surface area contributed by atoms with Gasteiger partial charge < -0.3 is 20.9 Å². The van der Waals surface area contributed by atoms with Crippen molar-refractivity contribution >= 4 is 41.7 Å². The number of nitrogens with one attached hydrogen (secondary N) is 3. The van der Waals surface area contributed by atoms with Crippen LogP contribution < -0.4 is 16.0 Å². The lowest BCUT2D eigenvalue weighted by Gasteiger charge is -2.34. The van der Waals surface area contributed by atoms with Crippen LogP contribution in [0.5, 0.6) is 0 Å². The first-order chi connectivity index (χ1) is 15.6. The van der Waals surface area contributed by atoms with Crippen LogP contribution in [0, 0.1) is 5.92 Å². The Balaban J connectivity index is 0.00000385. The van der Waals surface area contributed by atoms with Crippen LogP contribution in [-0.2, 0) is 6.54 Å². The van der Waals surface area contributed by atoms with E-state index in [1.54, 1.807) is 0 Å². The number of likely N-dealkylation sites (tertiary alicyclic amines) is 2. The number of benzene rings is 1. The Bertz CT molecular complexity index is 742. The van der Waals surface area contributed by atoms with Crippen molar-refractivity contribution in [3.63, 3.8) is 0 Å². The molecule has 7 nitrogen and oxygen atoms in total. The van der Waals surface area contributed by atoms with Crippen molar-refractivity contribution in [3.05, 3.63) is 29.8 Å². The highest BCUT2D eigenvalue weighted by molar-refractivity contribution is 14.0. The number of urea groups is 1. The van der Waals surface area contributed by atoms with Crippen LogP contribution >= 0.6 is 24.0 Å². The molecule has 2 fully saturated rings. The maximum absolute atomic E-state index is 12.4. The maximum atomic E-state index is 12.4. The van der Waals surface area contributed by atoms with Crippen molar-refractivity contribution in [2.75, 3.05) is 45.1 Å². The Morgan fingerprint density at radius 1 is 1.00 bits per heavy atom. The van der Waals surface area contributed by atoms with Crippen molar-refractivity contribution in [2.24, 2.45) is 10.9 Å². The monoisotopic (exact) mass is 570 g/mol. The minimum absolute atomic E-state index is 0. The molecule has 2 heterocycles. The number of carbonyl (C=O) groups is 1. The number of guanidine groups is 1. The van der Waals surface area contributed by atoms with Gasteiger partial charge in [0, 0.05) is 45.0 Å². The zero-order valence-electron chi connectivity index (χ0n) is 20.6. The molecule has 0 spiro atoms. The number of carbonyl (C=O) groups excluding carboxylic acids is 1. The second-order valence-electron chi connectivity index (χ2n) is 9.39. The lowest BCUT2D eigenvalue weighted by Crippen LogP contribution is -2.49. The summed E-state index contributed by atoms with van der Waals surface area (Å²) in [6, 6.07) is 8.54. The summed E-state index contributed by atoms with van der Waals surface area (Å²) in [7, 11) is 1.82. The van der Waals surface area contributed by atoms with Crippen molar-refractivity contribution in [1.82, 2.24) is 20.4 Å². The van der Waals surface area contributed by atoms with E-state index in [-0.39, 0.29) is 30.0 Å². The zero-order valence-corrected chi connectivity index (χ0v) is 22.9. The second-order valence-corrected chi connectivity index (χ2v) is 9.39. The van der Waals surface area contributed by atoms with Gasteiger partial charge in [-0.25, -0.2) is 4.79 Å². The first-order valence-corrected chi connectivity index (χ1v) is 12.4. The first kappa shape index (κ1) is 27.7. The third-order valence-corrected chi connectivity index (χ3v) is 6.61. The number of rotatable bonds is 7. The molecule has 8 heteroatoms. The Kier molecular flexibility index (Phi) is 12.3. The Morgan fingerprint density at radius 2 is 1.67 bits per heavy atom. The molecule has 2 aliphatic heterocycles. The van der Waals surface area contributed by atoms with Gasteiger partial charge in [0.05, 0.1) is 0 Å². The van der Waals surface area contributed by atoms with Crippen molar-refractivity contribution in [2.45, 2.75) is 65.0 Å². The average Bonchev–Trinajstić information content (AvgIpc) is 3.20. The van der Waals surface area contributed by atoms with Gasteiger partial charge in [-0.1, -0.05) is 38.8 Å². The van der Waals surface area contributed by atoms with E-state index in [0.29, 0.717) is 18.5 Å². The maximum Gasteiger partial charge on any atom is 0.321 e. The van der Waals surface area contributed by atoms with E-state index in [2.05, 4.69) is 45.8 Å². The summed E-state index contributed by atoms with van der Waals surface area (Å²) in [5, 5.41) is 10.00. The predicted molar refractivity (Wildman–Crippen MR) is 149 cm³/mol. The van der Waals surface area contributed by atoms with E-state index < -0.39 is 0 Å². The summed E-state index contributed by atoms with van der Waals surface area (Å²) in [5.41, 5.74) is 1.95. The molecule has 1 aromatic rings. The first-order valence-electron chi connectivity index (χ1n) is 12.4. The Morgan fingerprint density at radius 3 is 2.30 bits per heavy atom. The van der Waals surface area contributed by atoms with Crippen LogP contribution in [-0.4, -0.2) is 67.6 Å². The van der Waals surface area contributed by atoms with Crippen LogP contribution in [0.2, 0.25) is 0 Å². The molecule has 2 aliphatic rings. The largest absolute Gasteiger partial charge is 0.355 e. The quantitative estimate of drug-likeness (QED) is 0.257. The minimum Gasteiger partial charge on any atom is -0.355 e. The number of aliphatic imine (C=N–C) groups is 1. The SMILES string of the molecule is CN=C(NCc1cccc(NC(=O)N2CCCC2)c1)NCC(C(C)C)N1CCCCCC1.I. The topological polar surface area (TPSA) is 72.0 Å². The summed E-state index contributed by atoms with van der Waals surface area (Å²) in [4.78, 5) is 21.3. The molecule has 2 saturated heterocycles. The smallest absolute Gasteiger partial charge is 0.321 e. The average molecular weight is 571 g/mol. The molecule has 3 rings (SSSR count). The van der Waals surface area contributed by atoms with Crippen LogP contribution in [0.3, 0.4) is 0 Å². The molecular formula is C25H43IN6O. The van der Waals surface area contributed by atoms with Gasteiger partial charge >= 0.3 is 6.03 Å². The van der Waals surface area contributed by atoms with Gasteiger partial charge in [0.2, 0.25) is 0 Å². The highest BCUT2D eigenvalue weighted by Crippen LogP contribution is 2.17. The molecule has 2 amide bonds. The van der Waals surface area contributed by atoms with Crippen LogP contribution in [0.15, 0.2) is 29.3 Å². The van der Waals surface area contributed by atoms with E-state index in [1.807, 2.05) is 30.1 Å². The molecule has 1 atom stereocenters. The molecule has 0 bridgehead atoms. The number of hydrogen-bond acceptors (Lipinski definition) is 3. The summed E-state index contributed by atoms with van der Waals surface area (Å²) in [6.07, 6.45) is 7.52. The van der Waals surface area contributed by atoms with Crippen LogP contribution in [0.1, 0.15) is 57.9 Å². The molecule has 0 radical (unpaired) electrons. The van der Waals surface area contributed by atoms with Gasteiger partial charge in [0.15, 0.2) is 5.96 Å². The summed E-state index contributed by atoms with van der Waals surface area (Å²) < 4.78 is 0. The molecule has 0 saturated carbocycles. The fraction of sp³-hybridized carbons (Fsp3) is 0.680. The highest BCUT2D eigenvalue weighted by Gasteiger charge is 2.23. The molecule has 0 aliphatic carbocycles. The Labute approximate surface area is 217 Å². The summed E-state index contributed by atoms with van der Waals surface area (Å²) >= 11 is 0. The van der Waals surface area contributed by atoms with Crippen molar-refractivity contribution in [3.8, 4) is 0 Å². The number of amides is 2. The molecule has 1 unspecified atom stereocenters. The summed E-state index contributed by atoms with van der Waals surface area (Å²) in [5.74, 6) is 1.41. The molecule has 33 heavy (non-hydrogen) atoms. The highest BCUT2D eigenvalue weighted by atomic mass is 127. The number of anilines is 1. The third kappa shape index (κ3) is 8.96. The molecule has 3 N–H and O–H groups in total. The van der Waals surface area contributed by atoms with Gasteiger partial charge in [-0.2, -0.15) is 0 Å². The third-order valence-electron chi connectivity index (χ3n) is 6.61. The molecule has 1 aromatic carbocycles. The van der Waals surface area contributed by atoms with Crippen molar-refractivity contribution in [1.29, 1.82) is 0 Å². The molecule has 186 valence electrons. The fourth-order valence-electron chi connectivity index (χ4n) is 4.70. The van der Waals surface area contributed by atoms with E-state index in [9.17, 15) is 4.79 Å². The van der Waals surface area contributed by atoms with Gasteiger partial charge in [-0.15, -0.1) is 24.0 Å². The minimum atomic E-state index is -0.00155. The van der Waals surface area contributed by atoms with E-state index in [0.717, 1.165) is 49.7 Å². The van der Waals surface area contributed by atoms with Gasteiger partial charge in [-0.05, 0) is 62.4 Å². The second kappa shape index (κ2) is 14.7. The van der Waals surface area contributed by atoms with Gasteiger partial charge in [-0.3, -0.25) is 9.89 Å². The molecular weight excluding hydrogens is 527 g/mol. The molecule has 0 aromatic heterocycles. The standard InChI is InChI=1S/C25H42N6O.HI/c1-20(2)23(30-13-6-4-5-7-14-30)19-28-24(26-3)27-18-21-11-10-12-22(17-21)29-25(32)31-15-8-9-16-31;/h10-12,17,20,23H,4-9,13-16,18-19H2,1-3H3,(H,29,32)(H2,26,27,28);1H. The van der Waals surface area contributed by atoms with E-state index in [1.165, 1.54) is 38.8 Å². The predicted octanol–water partition coefficient (Wildman–Crippen LogP) is 4.50. The van der Waals surface area contributed by atoms with E-state index >= 15 is 0 Å². The van der Waals surface area contributed by atoms with Crippen molar-refractivity contribution < 1.29 is 4.79 Å². The normalized spacial score (nSPS) is 18.4. The van der Waals surface area contributed by atoms with Gasteiger partial charge in [0.1, 0.15) is 0 Å². The Hall–Kier alpha value is -1.55.